The lowest BCUT2D eigenvalue weighted by Gasteiger charge is -2.39. The van der Waals surface area contributed by atoms with E-state index >= 15 is 0 Å². The third-order valence-electron chi connectivity index (χ3n) is 4.13. The summed E-state index contributed by atoms with van der Waals surface area (Å²) in [6.45, 7) is 2.21. The number of fused-ring (bicyclic) bond motifs is 1. The maximum absolute atomic E-state index is 14.3. The summed E-state index contributed by atoms with van der Waals surface area (Å²) in [6, 6.07) is -1.45. The largest absolute Gasteiger partial charge is 0.477 e. The Balaban J connectivity index is 2.04. The van der Waals surface area contributed by atoms with E-state index in [0.717, 1.165) is 37.0 Å². The number of carboxylic acids is 1. The number of halogens is 2. The molecule has 2 aliphatic heterocycles. The second kappa shape index (κ2) is 9.21. The normalized spacial score (nSPS) is 20.9. The third-order valence-corrected chi connectivity index (χ3v) is 5.20. The van der Waals surface area contributed by atoms with Gasteiger partial charge in [0.1, 0.15) is 16.6 Å². The molecule has 0 spiro atoms. The molecule has 0 radical (unpaired) electrons. The van der Waals surface area contributed by atoms with Gasteiger partial charge in [-0.25, -0.2) is 9.59 Å². The summed E-state index contributed by atoms with van der Waals surface area (Å²) in [5.41, 5.74) is -0.473. The van der Waals surface area contributed by atoms with Gasteiger partial charge in [0.2, 0.25) is 0 Å². The standard InChI is InChI=1S/C18H23F2NO4S/c1-2-3-4-5-6-9-12-25-17(24)15-14(16(22)23)21-11-8-7-10-13(21)18(19,20)26-15/h7-8,10-11,13H,2-6,9,12H2,1H3,(H,22,23). The molecule has 0 aromatic heterocycles. The molecule has 0 amide bonds. The van der Waals surface area contributed by atoms with Crippen LogP contribution in [0.4, 0.5) is 8.78 Å². The average molecular weight is 387 g/mol. The van der Waals surface area contributed by atoms with Gasteiger partial charge in [-0.1, -0.05) is 51.2 Å². The number of ether oxygens (including phenoxy) is 1. The summed E-state index contributed by atoms with van der Waals surface area (Å²) in [5, 5.41) is 6.10. The second-order valence-electron chi connectivity index (χ2n) is 6.13. The number of hydrogen-bond donors (Lipinski definition) is 1. The molecule has 2 aliphatic rings. The van der Waals surface area contributed by atoms with E-state index in [1.54, 1.807) is 0 Å². The SMILES string of the molecule is CCCCCCCCOC(=O)C1=C(C(=O)O)N2C=CC=CC2C(F)(F)S1. The maximum atomic E-state index is 14.3. The molecule has 0 aromatic rings. The summed E-state index contributed by atoms with van der Waals surface area (Å²) in [7, 11) is 0. The van der Waals surface area contributed by atoms with Gasteiger partial charge in [0.25, 0.3) is 0 Å². The van der Waals surface area contributed by atoms with Gasteiger partial charge in [0, 0.05) is 6.20 Å². The number of esters is 1. The van der Waals surface area contributed by atoms with Crippen LogP contribution >= 0.6 is 11.8 Å². The Labute approximate surface area is 155 Å². The van der Waals surface area contributed by atoms with E-state index in [9.17, 15) is 23.5 Å². The van der Waals surface area contributed by atoms with Crippen molar-refractivity contribution in [3.8, 4) is 0 Å². The Kier molecular flexibility index (Phi) is 7.25. The van der Waals surface area contributed by atoms with Crippen molar-refractivity contribution in [1.29, 1.82) is 0 Å². The van der Waals surface area contributed by atoms with Crippen LogP contribution in [0.25, 0.3) is 0 Å². The topological polar surface area (TPSA) is 66.8 Å². The van der Waals surface area contributed by atoms with Crippen molar-refractivity contribution in [3.63, 3.8) is 0 Å². The van der Waals surface area contributed by atoms with Crippen molar-refractivity contribution < 1.29 is 28.2 Å². The summed E-state index contributed by atoms with van der Waals surface area (Å²) in [5.74, 6) is -2.45. The molecule has 5 nitrogen and oxygen atoms in total. The zero-order chi connectivity index (χ0) is 19.2. The van der Waals surface area contributed by atoms with E-state index in [1.807, 2.05) is 0 Å². The Morgan fingerprint density at radius 2 is 1.92 bits per heavy atom. The molecule has 0 aromatic carbocycles. The number of thioether (sulfide) groups is 1. The smallest absolute Gasteiger partial charge is 0.354 e. The molecule has 0 aliphatic carbocycles. The van der Waals surface area contributed by atoms with E-state index in [-0.39, 0.29) is 18.4 Å². The number of allylic oxidation sites excluding steroid dienone is 2. The first-order valence-corrected chi connectivity index (χ1v) is 9.55. The highest BCUT2D eigenvalue weighted by molar-refractivity contribution is 8.05. The maximum Gasteiger partial charge on any atom is 0.354 e. The van der Waals surface area contributed by atoms with Gasteiger partial charge >= 0.3 is 17.2 Å². The van der Waals surface area contributed by atoms with Crippen molar-refractivity contribution in [3.05, 3.63) is 35.0 Å². The highest BCUT2D eigenvalue weighted by Gasteiger charge is 2.52. The Morgan fingerprint density at radius 3 is 2.62 bits per heavy atom. The quantitative estimate of drug-likeness (QED) is 0.471. The van der Waals surface area contributed by atoms with E-state index in [1.165, 1.54) is 24.4 Å². The lowest BCUT2D eigenvalue weighted by Crippen LogP contribution is -2.48. The summed E-state index contributed by atoms with van der Waals surface area (Å²) in [4.78, 5) is 24.2. The molecule has 2 heterocycles. The number of rotatable bonds is 9. The molecule has 1 unspecified atom stereocenters. The van der Waals surface area contributed by atoms with E-state index in [4.69, 9.17) is 4.74 Å². The van der Waals surface area contributed by atoms with Crippen molar-refractivity contribution >= 4 is 23.7 Å². The second-order valence-corrected chi connectivity index (χ2v) is 7.29. The summed E-state index contributed by atoms with van der Waals surface area (Å²) < 4.78 is 33.8. The highest BCUT2D eigenvalue weighted by Crippen LogP contribution is 2.48. The number of alkyl halides is 2. The van der Waals surface area contributed by atoms with Crippen molar-refractivity contribution in [2.75, 3.05) is 6.61 Å². The number of carbonyl (C=O) groups is 2. The molecule has 8 heteroatoms. The minimum absolute atomic E-state index is 0.0421. The van der Waals surface area contributed by atoms with Crippen LogP contribution in [0.1, 0.15) is 45.4 Å². The molecule has 144 valence electrons. The zero-order valence-electron chi connectivity index (χ0n) is 14.6. The fourth-order valence-corrected chi connectivity index (χ4v) is 3.82. The minimum atomic E-state index is -3.34. The number of carbonyl (C=O) groups excluding carboxylic acids is 1. The monoisotopic (exact) mass is 387 g/mol. The molecular formula is C18H23F2NO4S. The summed E-state index contributed by atoms with van der Waals surface area (Å²) >= 11 is -0.0421. The molecule has 0 fully saturated rings. The first-order chi connectivity index (χ1) is 12.4. The number of carboxylic acid groups (broad SMARTS) is 1. The third kappa shape index (κ3) is 4.87. The minimum Gasteiger partial charge on any atom is -0.477 e. The van der Waals surface area contributed by atoms with Crippen LogP contribution in [0.3, 0.4) is 0 Å². The molecule has 26 heavy (non-hydrogen) atoms. The van der Waals surface area contributed by atoms with Gasteiger partial charge in [-0.2, -0.15) is 8.78 Å². The predicted octanol–water partition coefficient (Wildman–Crippen LogP) is 4.28. The number of unbranched alkanes of at least 4 members (excludes halogenated alkanes) is 5. The molecule has 0 saturated heterocycles. The first-order valence-electron chi connectivity index (χ1n) is 8.73. The van der Waals surface area contributed by atoms with Crippen molar-refractivity contribution in [2.45, 2.75) is 56.7 Å². The van der Waals surface area contributed by atoms with Gasteiger partial charge in [0.15, 0.2) is 0 Å². The molecule has 1 N–H and O–H groups in total. The van der Waals surface area contributed by atoms with Crippen LogP contribution in [0.5, 0.6) is 0 Å². The Bertz CT molecular complexity index is 631. The van der Waals surface area contributed by atoms with E-state index in [2.05, 4.69) is 6.92 Å². The van der Waals surface area contributed by atoms with Crippen molar-refractivity contribution in [2.24, 2.45) is 0 Å². The molecular weight excluding hydrogens is 364 g/mol. The van der Waals surface area contributed by atoms with Crippen LogP contribution in [0.2, 0.25) is 0 Å². The number of aliphatic carboxylic acids is 1. The van der Waals surface area contributed by atoms with E-state index in [0.29, 0.717) is 6.42 Å². The number of hydrogen-bond acceptors (Lipinski definition) is 5. The molecule has 0 bridgehead atoms. The fourth-order valence-electron chi connectivity index (χ4n) is 2.81. The lowest BCUT2D eigenvalue weighted by molar-refractivity contribution is -0.141. The Morgan fingerprint density at radius 1 is 1.23 bits per heavy atom. The lowest BCUT2D eigenvalue weighted by atomic mass is 10.1. The number of nitrogens with zero attached hydrogens (tertiary/aromatic N) is 1. The first kappa shape index (κ1) is 20.5. The molecule has 0 saturated carbocycles. The van der Waals surface area contributed by atoms with Gasteiger partial charge in [-0.3, -0.25) is 0 Å². The van der Waals surface area contributed by atoms with Crippen LogP contribution in [0, 0.1) is 0 Å². The van der Waals surface area contributed by atoms with Crippen LogP contribution in [-0.4, -0.2) is 39.8 Å². The predicted molar refractivity (Wildman–Crippen MR) is 95.4 cm³/mol. The van der Waals surface area contributed by atoms with Crippen molar-refractivity contribution in [1.82, 2.24) is 4.90 Å². The van der Waals surface area contributed by atoms with Gasteiger partial charge in [-0.15, -0.1) is 0 Å². The van der Waals surface area contributed by atoms with Gasteiger partial charge < -0.3 is 14.7 Å². The Hall–Kier alpha value is -1.83. The molecule has 1 atom stereocenters. The van der Waals surface area contributed by atoms with E-state index < -0.39 is 33.8 Å². The van der Waals surface area contributed by atoms with Crippen LogP contribution in [-0.2, 0) is 14.3 Å². The average Bonchev–Trinajstić information content (AvgIpc) is 2.60. The summed E-state index contributed by atoms with van der Waals surface area (Å²) in [6.07, 6.45) is 11.3. The van der Waals surface area contributed by atoms with Crippen LogP contribution < -0.4 is 0 Å². The highest BCUT2D eigenvalue weighted by atomic mass is 32.2. The van der Waals surface area contributed by atoms with Gasteiger partial charge in [-0.05, 0) is 24.3 Å². The van der Waals surface area contributed by atoms with Gasteiger partial charge in [0.05, 0.1) is 6.61 Å². The molecule has 2 rings (SSSR count). The van der Waals surface area contributed by atoms with Crippen LogP contribution in [0.15, 0.2) is 35.0 Å². The fraction of sp³-hybridized carbons (Fsp3) is 0.556. The zero-order valence-corrected chi connectivity index (χ0v) is 15.4.